The fourth-order valence-electron chi connectivity index (χ4n) is 1.54. The first-order valence-electron chi connectivity index (χ1n) is 5.25. The van der Waals surface area contributed by atoms with Crippen LogP contribution in [0.4, 0.5) is 24.5 Å². The minimum absolute atomic E-state index is 0.0410. The Balaban J connectivity index is 2.95. The van der Waals surface area contributed by atoms with Gasteiger partial charge >= 0.3 is 6.18 Å². The third-order valence-corrected chi connectivity index (χ3v) is 2.26. The minimum Gasteiger partial charge on any atom is -0.377 e. The zero-order valence-electron chi connectivity index (χ0n) is 9.86. The van der Waals surface area contributed by atoms with Crippen LogP contribution in [0.2, 0.25) is 0 Å². The van der Waals surface area contributed by atoms with Gasteiger partial charge < -0.3 is 5.32 Å². The van der Waals surface area contributed by atoms with Gasteiger partial charge in [-0.05, 0) is 19.1 Å². The molecule has 0 saturated carbocycles. The summed E-state index contributed by atoms with van der Waals surface area (Å²) in [6.07, 6.45) is -5.46. The molecule has 1 aromatic carbocycles. The molecule has 0 heterocycles. The van der Waals surface area contributed by atoms with Crippen LogP contribution >= 0.6 is 0 Å². The van der Waals surface area contributed by atoms with Gasteiger partial charge in [0.15, 0.2) is 0 Å². The van der Waals surface area contributed by atoms with Crippen LogP contribution < -0.4 is 5.32 Å². The highest BCUT2D eigenvalue weighted by Gasteiger charge is 2.30. The van der Waals surface area contributed by atoms with E-state index in [0.717, 1.165) is 6.07 Å². The van der Waals surface area contributed by atoms with Crippen molar-refractivity contribution in [1.29, 1.82) is 5.26 Å². The molecule has 0 aliphatic carbocycles. The highest BCUT2D eigenvalue weighted by Crippen LogP contribution is 2.28. The molecule has 0 fully saturated rings. The Hall–Kier alpha value is -2.30. The van der Waals surface area contributed by atoms with E-state index in [2.05, 4.69) is 5.32 Å². The molecule has 19 heavy (non-hydrogen) atoms. The van der Waals surface area contributed by atoms with Crippen LogP contribution in [-0.4, -0.2) is 17.1 Å². The molecular weight excluding hydrogens is 263 g/mol. The quantitative estimate of drug-likeness (QED) is 0.674. The standard InChI is InChI=1S/C11H10F3N3O2/c1-7(5-11(12,13)14)16-9-3-2-8(6-15)4-10(9)17(18)19/h2-4,7,16H,5H2,1H3. The van der Waals surface area contributed by atoms with E-state index >= 15 is 0 Å². The van der Waals surface area contributed by atoms with E-state index < -0.39 is 29.2 Å². The van der Waals surface area contributed by atoms with Crippen LogP contribution in [0.25, 0.3) is 0 Å². The summed E-state index contributed by atoms with van der Waals surface area (Å²) in [6, 6.07) is 4.26. The third kappa shape index (κ3) is 4.46. The van der Waals surface area contributed by atoms with E-state index in [1.165, 1.54) is 19.1 Å². The summed E-state index contributed by atoms with van der Waals surface area (Å²) in [4.78, 5) is 10.0. The molecule has 0 amide bonds. The smallest absolute Gasteiger partial charge is 0.377 e. The lowest BCUT2D eigenvalue weighted by molar-refractivity contribution is -0.384. The Morgan fingerprint density at radius 3 is 2.63 bits per heavy atom. The molecule has 0 spiro atoms. The van der Waals surface area contributed by atoms with Crippen LogP contribution in [0.15, 0.2) is 18.2 Å². The van der Waals surface area contributed by atoms with Gasteiger partial charge in [0.25, 0.3) is 5.69 Å². The Morgan fingerprint density at radius 2 is 2.16 bits per heavy atom. The fraction of sp³-hybridized carbons (Fsp3) is 0.364. The van der Waals surface area contributed by atoms with Crippen molar-refractivity contribution >= 4 is 11.4 Å². The zero-order chi connectivity index (χ0) is 14.6. The van der Waals surface area contributed by atoms with Crippen LogP contribution in [0.1, 0.15) is 18.9 Å². The molecule has 0 saturated heterocycles. The van der Waals surface area contributed by atoms with Crippen molar-refractivity contribution in [2.75, 3.05) is 5.32 Å². The van der Waals surface area contributed by atoms with Gasteiger partial charge in [0.05, 0.1) is 23.0 Å². The van der Waals surface area contributed by atoms with E-state index in [9.17, 15) is 23.3 Å². The topological polar surface area (TPSA) is 79.0 Å². The maximum absolute atomic E-state index is 12.2. The van der Waals surface area contributed by atoms with Crippen molar-refractivity contribution in [3.8, 4) is 6.07 Å². The van der Waals surface area contributed by atoms with E-state index in [1.807, 2.05) is 0 Å². The second kappa shape index (κ2) is 5.56. The van der Waals surface area contributed by atoms with E-state index in [0.29, 0.717) is 0 Å². The van der Waals surface area contributed by atoms with E-state index in [1.54, 1.807) is 6.07 Å². The Bertz CT molecular complexity index is 523. The van der Waals surface area contributed by atoms with Gasteiger partial charge in [-0.25, -0.2) is 0 Å². The number of benzene rings is 1. The third-order valence-electron chi connectivity index (χ3n) is 2.26. The molecule has 0 aromatic heterocycles. The van der Waals surface area contributed by atoms with E-state index in [-0.39, 0.29) is 11.3 Å². The van der Waals surface area contributed by atoms with Gasteiger partial charge in [0.1, 0.15) is 5.69 Å². The van der Waals surface area contributed by atoms with Crippen molar-refractivity contribution < 1.29 is 18.1 Å². The summed E-state index contributed by atoms with van der Waals surface area (Å²) in [7, 11) is 0. The molecule has 1 unspecified atom stereocenters. The molecule has 102 valence electrons. The van der Waals surface area contributed by atoms with Gasteiger partial charge in [-0.2, -0.15) is 18.4 Å². The fourth-order valence-corrected chi connectivity index (χ4v) is 1.54. The van der Waals surface area contributed by atoms with E-state index in [4.69, 9.17) is 5.26 Å². The van der Waals surface area contributed by atoms with Gasteiger partial charge in [0.2, 0.25) is 0 Å². The van der Waals surface area contributed by atoms with Crippen molar-refractivity contribution in [1.82, 2.24) is 0 Å². The second-order valence-corrected chi connectivity index (χ2v) is 3.97. The predicted molar refractivity (Wildman–Crippen MR) is 61.6 cm³/mol. The SMILES string of the molecule is CC(CC(F)(F)F)Nc1ccc(C#N)cc1[N+](=O)[O-]. The number of alkyl halides is 3. The Morgan fingerprint density at radius 1 is 1.53 bits per heavy atom. The normalized spacial score (nSPS) is 12.6. The van der Waals surface area contributed by atoms with Crippen molar-refractivity contribution in [2.24, 2.45) is 0 Å². The molecular formula is C11H10F3N3O2. The lowest BCUT2D eigenvalue weighted by Crippen LogP contribution is -2.24. The first kappa shape index (κ1) is 14.8. The number of anilines is 1. The molecule has 5 nitrogen and oxygen atoms in total. The molecule has 0 radical (unpaired) electrons. The van der Waals surface area contributed by atoms with Gasteiger partial charge in [-0.15, -0.1) is 0 Å². The number of nitro benzene ring substituents is 1. The number of hydrogen-bond donors (Lipinski definition) is 1. The number of nitrogens with one attached hydrogen (secondary N) is 1. The van der Waals surface area contributed by atoms with Crippen LogP contribution in [-0.2, 0) is 0 Å². The number of nitriles is 1. The lowest BCUT2D eigenvalue weighted by atomic mass is 10.1. The summed E-state index contributed by atoms with van der Waals surface area (Å²) in [5.41, 5.74) is -0.394. The van der Waals surface area contributed by atoms with Gasteiger partial charge in [-0.3, -0.25) is 10.1 Å². The first-order chi connectivity index (χ1) is 8.73. The Labute approximate surface area is 106 Å². The molecule has 1 atom stereocenters. The molecule has 0 bridgehead atoms. The highest BCUT2D eigenvalue weighted by atomic mass is 19.4. The van der Waals surface area contributed by atoms with Crippen LogP contribution in [0.3, 0.4) is 0 Å². The molecule has 1 N–H and O–H groups in total. The van der Waals surface area contributed by atoms with Crippen molar-refractivity contribution in [3.05, 3.63) is 33.9 Å². The summed E-state index contributed by atoms with van der Waals surface area (Å²) >= 11 is 0. The molecule has 1 aromatic rings. The number of rotatable bonds is 4. The Kier molecular flexibility index (Phi) is 4.32. The first-order valence-corrected chi connectivity index (χ1v) is 5.25. The summed E-state index contributed by atoms with van der Waals surface area (Å²) in [5.74, 6) is 0. The highest BCUT2D eigenvalue weighted by molar-refractivity contribution is 5.64. The van der Waals surface area contributed by atoms with Crippen molar-refractivity contribution in [3.63, 3.8) is 0 Å². The van der Waals surface area contributed by atoms with Gasteiger partial charge in [0, 0.05) is 12.1 Å². The predicted octanol–water partition coefficient (Wildman–Crippen LogP) is 3.22. The van der Waals surface area contributed by atoms with Gasteiger partial charge in [-0.1, -0.05) is 0 Å². The maximum Gasteiger partial charge on any atom is 0.391 e. The van der Waals surface area contributed by atoms with Crippen molar-refractivity contribution in [2.45, 2.75) is 25.6 Å². The molecule has 1 rings (SSSR count). The average molecular weight is 273 g/mol. The average Bonchev–Trinajstić information content (AvgIpc) is 2.26. The number of nitrogens with zero attached hydrogens (tertiary/aromatic N) is 2. The largest absolute Gasteiger partial charge is 0.391 e. The maximum atomic E-state index is 12.2. The summed E-state index contributed by atoms with van der Waals surface area (Å²) in [5, 5.41) is 21.8. The number of halogens is 3. The molecule has 0 aliphatic rings. The summed E-state index contributed by atoms with van der Waals surface area (Å²) < 4.78 is 36.5. The monoisotopic (exact) mass is 273 g/mol. The minimum atomic E-state index is -4.35. The lowest BCUT2D eigenvalue weighted by Gasteiger charge is -2.16. The number of hydrogen-bond acceptors (Lipinski definition) is 4. The van der Waals surface area contributed by atoms with Crippen LogP contribution in [0, 0.1) is 21.4 Å². The number of nitro groups is 1. The molecule has 0 aliphatic heterocycles. The zero-order valence-corrected chi connectivity index (χ0v) is 9.86. The molecule has 8 heteroatoms. The van der Waals surface area contributed by atoms with Crippen LogP contribution in [0.5, 0.6) is 0 Å². The summed E-state index contributed by atoms with van der Waals surface area (Å²) in [6.45, 7) is 1.27. The second-order valence-electron chi connectivity index (χ2n) is 3.97.